The van der Waals surface area contributed by atoms with E-state index < -0.39 is 6.43 Å². The van der Waals surface area contributed by atoms with Gasteiger partial charge < -0.3 is 9.15 Å². The molecule has 4 aromatic heterocycles. The molecule has 1 aromatic carbocycles. The van der Waals surface area contributed by atoms with Crippen molar-refractivity contribution in [3.8, 4) is 28.5 Å². The molecule has 0 atom stereocenters. The molecule has 5 aromatic rings. The molecule has 0 unspecified atom stereocenters. The zero-order valence-electron chi connectivity index (χ0n) is 18.7. The van der Waals surface area contributed by atoms with Crippen molar-refractivity contribution in [2.75, 3.05) is 7.11 Å². The van der Waals surface area contributed by atoms with Crippen molar-refractivity contribution >= 4 is 5.65 Å². The van der Waals surface area contributed by atoms with Crippen LogP contribution in [-0.2, 0) is 13.0 Å². The minimum absolute atomic E-state index is 0.156. The second kappa shape index (κ2) is 8.65. The van der Waals surface area contributed by atoms with Crippen LogP contribution in [-0.4, -0.2) is 41.7 Å². The van der Waals surface area contributed by atoms with Gasteiger partial charge in [-0.25, -0.2) is 18.3 Å². The van der Waals surface area contributed by atoms with Gasteiger partial charge >= 0.3 is 0 Å². The van der Waals surface area contributed by atoms with Crippen LogP contribution in [0.25, 0.3) is 28.4 Å². The van der Waals surface area contributed by atoms with Crippen molar-refractivity contribution in [1.82, 2.24) is 34.6 Å². The average molecular weight is 465 g/mol. The molecule has 0 amide bonds. The maximum Gasteiger partial charge on any atom is 0.280 e. The number of aryl methyl sites for hydroxylation is 4. The first kappa shape index (κ1) is 21.7. The van der Waals surface area contributed by atoms with Crippen LogP contribution in [0.4, 0.5) is 8.78 Å². The smallest absolute Gasteiger partial charge is 0.280 e. The number of alkyl halides is 2. The summed E-state index contributed by atoms with van der Waals surface area (Å²) >= 11 is 0. The maximum absolute atomic E-state index is 13.9. The first-order chi connectivity index (χ1) is 16.4. The summed E-state index contributed by atoms with van der Waals surface area (Å²) in [6, 6.07) is 10.4. The molecule has 0 saturated heterocycles. The Bertz CT molecular complexity index is 1470. The van der Waals surface area contributed by atoms with Gasteiger partial charge in [0.2, 0.25) is 5.89 Å². The topological polar surface area (TPSA) is 96.2 Å². The molecule has 0 N–H and O–H groups in total. The quantitative estimate of drug-likeness (QED) is 0.350. The molecule has 0 saturated carbocycles. The molecule has 11 heteroatoms. The third-order valence-corrected chi connectivity index (χ3v) is 5.44. The predicted octanol–water partition coefficient (Wildman–Crippen LogP) is 4.45. The highest BCUT2D eigenvalue weighted by atomic mass is 19.3. The molecule has 174 valence electrons. The third-order valence-electron chi connectivity index (χ3n) is 5.44. The normalized spacial score (nSPS) is 11.6. The SMILES string of the molecule is COc1ccccc1-c1cc(C(F)F)n2ncc(-c3nnc(CCn4nc(C)cc4C)o3)c2n1. The number of hydrogen-bond donors (Lipinski definition) is 0. The summed E-state index contributed by atoms with van der Waals surface area (Å²) in [4.78, 5) is 4.60. The standard InChI is InChI=1S/C23H21F2N7O2/c1-13-10-14(2)31(30-13)9-8-20-28-29-23(34-20)16-12-26-32-18(21(24)25)11-17(27-22(16)32)15-6-4-5-7-19(15)33-3/h4-7,10-12,21H,8-9H2,1-3H3. The summed E-state index contributed by atoms with van der Waals surface area (Å²) in [5, 5.41) is 16.7. The summed E-state index contributed by atoms with van der Waals surface area (Å²) in [5.74, 6) is 1.07. The highest BCUT2D eigenvalue weighted by Crippen LogP contribution is 2.33. The summed E-state index contributed by atoms with van der Waals surface area (Å²) < 4.78 is 42.0. The summed E-state index contributed by atoms with van der Waals surface area (Å²) in [6.07, 6.45) is -0.903. The van der Waals surface area contributed by atoms with E-state index in [4.69, 9.17) is 9.15 Å². The van der Waals surface area contributed by atoms with E-state index in [9.17, 15) is 8.78 Å². The minimum Gasteiger partial charge on any atom is -0.496 e. The lowest BCUT2D eigenvalue weighted by atomic mass is 10.1. The lowest BCUT2D eigenvalue weighted by Gasteiger charge is -2.11. The van der Waals surface area contributed by atoms with Crippen LogP contribution in [0.1, 0.15) is 29.4 Å². The van der Waals surface area contributed by atoms with E-state index >= 15 is 0 Å². The number of fused-ring (bicyclic) bond motifs is 1. The number of nitrogens with zero attached hydrogens (tertiary/aromatic N) is 7. The zero-order valence-corrected chi connectivity index (χ0v) is 18.7. The Morgan fingerprint density at radius 3 is 2.65 bits per heavy atom. The highest BCUT2D eigenvalue weighted by Gasteiger charge is 2.22. The number of methoxy groups -OCH3 is 1. The van der Waals surface area contributed by atoms with Gasteiger partial charge in [-0.1, -0.05) is 12.1 Å². The van der Waals surface area contributed by atoms with Crippen molar-refractivity contribution in [1.29, 1.82) is 0 Å². The molecule has 9 nitrogen and oxygen atoms in total. The van der Waals surface area contributed by atoms with Gasteiger partial charge in [-0.05, 0) is 38.1 Å². The van der Waals surface area contributed by atoms with Crippen LogP contribution in [0.2, 0.25) is 0 Å². The fourth-order valence-electron chi connectivity index (χ4n) is 3.85. The van der Waals surface area contributed by atoms with Gasteiger partial charge in [-0.3, -0.25) is 4.68 Å². The van der Waals surface area contributed by atoms with Crippen molar-refractivity contribution in [3.63, 3.8) is 0 Å². The van der Waals surface area contributed by atoms with Gasteiger partial charge in [0.25, 0.3) is 12.3 Å². The Balaban J connectivity index is 1.53. The number of rotatable bonds is 7. The summed E-state index contributed by atoms with van der Waals surface area (Å²) in [5.41, 5.74) is 3.12. The van der Waals surface area contributed by atoms with E-state index in [-0.39, 0.29) is 17.2 Å². The van der Waals surface area contributed by atoms with E-state index in [0.29, 0.717) is 41.4 Å². The van der Waals surface area contributed by atoms with Crippen molar-refractivity contribution in [3.05, 3.63) is 65.6 Å². The molecular formula is C23H21F2N7O2. The summed E-state index contributed by atoms with van der Waals surface area (Å²) in [7, 11) is 1.52. The Kier molecular flexibility index (Phi) is 5.52. The number of halogens is 2. The minimum atomic E-state index is -2.77. The Morgan fingerprint density at radius 2 is 1.91 bits per heavy atom. The second-order valence-electron chi connectivity index (χ2n) is 7.76. The van der Waals surface area contributed by atoms with Crippen LogP contribution >= 0.6 is 0 Å². The van der Waals surface area contributed by atoms with Crippen LogP contribution in [0.15, 0.2) is 47.0 Å². The molecular weight excluding hydrogens is 444 g/mol. The molecule has 0 radical (unpaired) electrons. The van der Waals surface area contributed by atoms with Gasteiger partial charge in [-0.15, -0.1) is 10.2 Å². The molecule has 5 rings (SSSR count). The Labute approximate surface area is 193 Å². The van der Waals surface area contributed by atoms with Crippen molar-refractivity contribution < 1.29 is 17.9 Å². The van der Waals surface area contributed by atoms with Crippen LogP contribution in [0, 0.1) is 13.8 Å². The number of benzene rings is 1. The molecule has 0 aliphatic heterocycles. The van der Waals surface area contributed by atoms with Gasteiger partial charge in [0.1, 0.15) is 17.0 Å². The average Bonchev–Trinajstić information content (AvgIpc) is 3.54. The van der Waals surface area contributed by atoms with Crippen LogP contribution in [0.3, 0.4) is 0 Å². The molecule has 4 heterocycles. The van der Waals surface area contributed by atoms with Gasteiger partial charge in [0.15, 0.2) is 5.65 Å². The number of ether oxygens (including phenoxy) is 1. The number of para-hydroxylation sites is 1. The van der Waals surface area contributed by atoms with Crippen LogP contribution < -0.4 is 4.74 Å². The molecule has 0 aliphatic carbocycles. The molecule has 34 heavy (non-hydrogen) atoms. The van der Waals surface area contributed by atoms with E-state index in [1.807, 2.05) is 24.6 Å². The largest absolute Gasteiger partial charge is 0.496 e. The monoisotopic (exact) mass is 465 g/mol. The lowest BCUT2D eigenvalue weighted by molar-refractivity contribution is 0.143. The highest BCUT2D eigenvalue weighted by molar-refractivity contribution is 5.76. The Hall–Kier alpha value is -4.15. The van der Waals surface area contributed by atoms with Gasteiger partial charge in [0, 0.05) is 24.2 Å². The fraction of sp³-hybridized carbons (Fsp3) is 0.261. The second-order valence-corrected chi connectivity index (χ2v) is 7.76. The fourth-order valence-corrected chi connectivity index (χ4v) is 3.85. The number of aromatic nitrogens is 7. The Morgan fingerprint density at radius 1 is 1.09 bits per heavy atom. The first-order valence-corrected chi connectivity index (χ1v) is 10.6. The number of hydrogen-bond acceptors (Lipinski definition) is 7. The van der Waals surface area contributed by atoms with Gasteiger partial charge in [0.05, 0.1) is 24.7 Å². The molecule has 0 fully saturated rings. The lowest BCUT2D eigenvalue weighted by Crippen LogP contribution is -2.05. The van der Waals surface area contributed by atoms with E-state index in [1.54, 1.807) is 24.3 Å². The predicted molar refractivity (Wildman–Crippen MR) is 119 cm³/mol. The van der Waals surface area contributed by atoms with Crippen LogP contribution in [0.5, 0.6) is 5.75 Å². The first-order valence-electron chi connectivity index (χ1n) is 10.6. The summed E-state index contributed by atoms with van der Waals surface area (Å²) in [6.45, 7) is 4.48. The third kappa shape index (κ3) is 3.89. The molecule has 0 aliphatic rings. The van der Waals surface area contributed by atoms with E-state index in [2.05, 4.69) is 25.4 Å². The van der Waals surface area contributed by atoms with Crippen molar-refractivity contribution in [2.24, 2.45) is 0 Å². The van der Waals surface area contributed by atoms with E-state index in [0.717, 1.165) is 15.9 Å². The molecule has 0 spiro atoms. The van der Waals surface area contributed by atoms with Crippen molar-refractivity contribution in [2.45, 2.75) is 33.2 Å². The van der Waals surface area contributed by atoms with E-state index in [1.165, 1.54) is 19.4 Å². The maximum atomic E-state index is 13.9. The molecule has 0 bridgehead atoms. The van der Waals surface area contributed by atoms with Gasteiger partial charge in [-0.2, -0.15) is 10.2 Å². The zero-order chi connectivity index (χ0) is 23.8.